The SMILES string of the molecule is Cc1cc([N+](=O)[O-])nn1CCNC(=O)c1ccc(COc2ccccc2Cl)o1. The third-order valence-electron chi connectivity index (χ3n) is 3.86. The second kappa shape index (κ2) is 8.57. The van der Waals surface area contributed by atoms with Crippen molar-refractivity contribution in [2.24, 2.45) is 0 Å². The second-order valence-electron chi connectivity index (χ2n) is 5.87. The van der Waals surface area contributed by atoms with Gasteiger partial charge < -0.3 is 24.6 Å². The first-order valence-electron chi connectivity index (χ1n) is 8.37. The Hall–Kier alpha value is -3.33. The Labute approximate surface area is 165 Å². The maximum Gasteiger partial charge on any atom is 0.390 e. The van der Waals surface area contributed by atoms with E-state index in [-0.39, 0.29) is 24.7 Å². The quantitative estimate of drug-likeness (QED) is 0.455. The van der Waals surface area contributed by atoms with Crippen molar-refractivity contribution >= 4 is 23.3 Å². The number of ether oxygens (including phenoxy) is 1. The number of hydrogen-bond acceptors (Lipinski definition) is 6. The van der Waals surface area contributed by atoms with Gasteiger partial charge in [-0.15, -0.1) is 0 Å². The molecular formula is C18H17ClN4O5. The molecule has 0 aliphatic heterocycles. The second-order valence-corrected chi connectivity index (χ2v) is 6.27. The highest BCUT2D eigenvalue weighted by Gasteiger charge is 2.16. The van der Waals surface area contributed by atoms with E-state index in [1.54, 1.807) is 43.3 Å². The average Bonchev–Trinajstić information content (AvgIpc) is 3.28. The molecule has 0 aliphatic carbocycles. The summed E-state index contributed by atoms with van der Waals surface area (Å²) in [4.78, 5) is 22.3. The van der Waals surface area contributed by atoms with Crippen LogP contribution in [-0.2, 0) is 13.2 Å². The molecule has 2 aromatic heterocycles. The number of rotatable bonds is 8. The number of carbonyl (C=O) groups excluding carboxylic acids is 1. The monoisotopic (exact) mass is 404 g/mol. The smallest absolute Gasteiger partial charge is 0.390 e. The van der Waals surface area contributed by atoms with Crippen LogP contribution in [0.3, 0.4) is 0 Å². The Morgan fingerprint density at radius 3 is 2.86 bits per heavy atom. The number of furan rings is 1. The molecule has 3 aromatic rings. The molecule has 9 nitrogen and oxygen atoms in total. The highest BCUT2D eigenvalue weighted by atomic mass is 35.5. The van der Waals surface area contributed by atoms with Crippen LogP contribution in [-0.4, -0.2) is 27.2 Å². The maximum atomic E-state index is 12.2. The van der Waals surface area contributed by atoms with Crippen molar-refractivity contribution in [3.8, 4) is 5.75 Å². The van der Waals surface area contributed by atoms with Gasteiger partial charge in [0.1, 0.15) is 18.1 Å². The van der Waals surface area contributed by atoms with E-state index in [2.05, 4.69) is 10.4 Å². The molecule has 0 bridgehead atoms. The Balaban J connectivity index is 1.50. The fraction of sp³-hybridized carbons (Fsp3) is 0.222. The molecule has 0 saturated carbocycles. The number of nitrogens with zero attached hydrogens (tertiary/aromatic N) is 3. The molecule has 1 aromatic carbocycles. The Morgan fingerprint density at radius 2 is 2.14 bits per heavy atom. The van der Waals surface area contributed by atoms with Gasteiger partial charge in [-0.3, -0.25) is 4.79 Å². The highest BCUT2D eigenvalue weighted by Crippen LogP contribution is 2.24. The number of aryl methyl sites for hydroxylation is 1. The van der Waals surface area contributed by atoms with E-state index < -0.39 is 10.8 Å². The third-order valence-corrected chi connectivity index (χ3v) is 4.17. The maximum absolute atomic E-state index is 12.2. The molecule has 146 valence electrons. The average molecular weight is 405 g/mol. The van der Waals surface area contributed by atoms with Crippen molar-refractivity contribution in [2.45, 2.75) is 20.1 Å². The zero-order valence-corrected chi connectivity index (χ0v) is 15.7. The van der Waals surface area contributed by atoms with E-state index in [1.165, 1.54) is 10.7 Å². The molecule has 0 atom stereocenters. The standard InChI is InChI=1S/C18H17ClN4O5/c1-12-10-17(23(25)26)21-22(12)9-8-20-18(24)16-7-6-13(28-16)11-27-15-5-3-2-4-14(15)19/h2-7,10H,8-9,11H2,1H3,(H,20,24). The van der Waals surface area contributed by atoms with Crippen molar-refractivity contribution in [1.82, 2.24) is 15.1 Å². The minimum absolute atomic E-state index is 0.132. The summed E-state index contributed by atoms with van der Waals surface area (Å²) in [5, 5.41) is 17.8. The van der Waals surface area contributed by atoms with Crippen LogP contribution in [0.4, 0.5) is 5.82 Å². The normalized spacial score (nSPS) is 10.6. The van der Waals surface area contributed by atoms with Crippen LogP contribution < -0.4 is 10.1 Å². The van der Waals surface area contributed by atoms with Crippen molar-refractivity contribution in [3.05, 3.63) is 74.8 Å². The minimum Gasteiger partial charge on any atom is -0.484 e. The van der Waals surface area contributed by atoms with Gasteiger partial charge in [-0.25, -0.2) is 0 Å². The van der Waals surface area contributed by atoms with Crippen molar-refractivity contribution in [2.75, 3.05) is 6.54 Å². The van der Waals surface area contributed by atoms with Gasteiger partial charge in [-0.05, 0) is 36.1 Å². The van der Waals surface area contributed by atoms with E-state index >= 15 is 0 Å². The van der Waals surface area contributed by atoms with Crippen molar-refractivity contribution in [1.29, 1.82) is 0 Å². The summed E-state index contributed by atoms with van der Waals surface area (Å²) in [6, 6.07) is 11.6. The highest BCUT2D eigenvalue weighted by molar-refractivity contribution is 6.32. The molecule has 28 heavy (non-hydrogen) atoms. The largest absolute Gasteiger partial charge is 0.484 e. The van der Waals surface area contributed by atoms with Crippen LogP contribution in [0, 0.1) is 17.0 Å². The topological polar surface area (TPSA) is 112 Å². The van der Waals surface area contributed by atoms with Crippen LogP contribution in [0.1, 0.15) is 22.0 Å². The van der Waals surface area contributed by atoms with Gasteiger partial charge in [0.25, 0.3) is 5.91 Å². The number of aromatic nitrogens is 2. The lowest BCUT2D eigenvalue weighted by molar-refractivity contribution is -0.389. The van der Waals surface area contributed by atoms with Gasteiger partial charge in [-0.1, -0.05) is 23.7 Å². The summed E-state index contributed by atoms with van der Waals surface area (Å²) in [5.74, 6) is 0.515. The summed E-state index contributed by atoms with van der Waals surface area (Å²) in [7, 11) is 0. The first-order valence-corrected chi connectivity index (χ1v) is 8.75. The van der Waals surface area contributed by atoms with Gasteiger partial charge in [0.2, 0.25) is 0 Å². The number of halogens is 1. The first kappa shape index (κ1) is 19.4. The van der Waals surface area contributed by atoms with E-state index in [1.807, 2.05) is 0 Å². The number of hydrogen-bond donors (Lipinski definition) is 1. The van der Waals surface area contributed by atoms with Crippen LogP contribution in [0.2, 0.25) is 5.02 Å². The van der Waals surface area contributed by atoms with Crippen molar-refractivity contribution in [3.63, 3.8) is 0 Å². The summed E-state index contributed by atoms with van der Waals surface area (Å²) in [6.07, 6.45) is 0. The Morgan fingerprint density at radius 1 is 1.36 bits per heavy atom. The van der Waals surface area contributed by atoms with Gasteiger partial charge >= 0.3 is 5.82 Å². The molecular weight excluding hydrogens is 388 g/mol. The predicted octanol–water partition coefficient (Wildman–Crippen LogP) is 3.36. The molecule has 1 amide bonds. The fourth-order valence-corrected chi connectivity index (χ4v) is 2.65. The third kappa shape index (κ3) is 4.68. The number of carbonyl (C=O) groups is 1. The van der Waals surface area contributed by atoms with Crippen LogP contribution >= 0.6 is 11.6 Å². The molecule has 0 spiro atoms. The van der Waals surface area contributed by atoms with Gasteiger partial charge in [0.05, 0.1) is 28.4 Å². The summed E-state index contributed by atoms with van der Waals surface area (Å²) >= 11 is 6.02. The molecule has 0 unspecified atom stereocenters. The van der Waals surface area contributed by atoms with E-state index in [9.17, 15) is 14.9 Å². The molecule has 10 heteroatoms. The number of amides is 1. The molecule has 2 heterocycles. The van der Waals surface area contributed by atoms with Gasteiger partial charge in [-0.2, -0.15) is 4.68 Å². The number of nitrogens with one attached hydrogen (secondary N) is 1. The van der Waals surface area contributed by atoms with Gasteiger partial charge in [0, 0.05) is 6.54 Å². The number of para-hydroxylation sites is 1. The Bertz CT molecular complexity index is 998. The van der Waals surface area contributed by atoms with E-state index in [4.69, 9.17) is 20.8 Å². The van der Waals surface area contributed by atoms with Crippen molar-refractivity contribution < 1.29 is 18.9 Å². The molecule has 3 rings (SSSR count). The summed E-state index contributed by atoms with van der Waals surface area (Å²) in [6.45, 7) is 2.38. The number of benzene rings is 1. The zero-order chi connectivity index (χ0) is 20.1. The summed E-state index contributed by atoms with van der Waals surface area (Å²) in [5.41, 5.74) is 0.637. The van der Waals surface area contributed by atoms with Crippen LogP contribution in [0.25, 0.3) is 0 Å². The molecule has 0 saturated heterocycles. The van der Waals surface area contributed by atoms with E-state index in [0.717, 1.165) is 0 Å². The van der Waals surface area contributed by atoms with Gasteiger partial charge in [0.15, 0.2) is 5.76 Å². The molecule has 0 aliphatic rings. The molecule has 0 radical (unpaired) electrons. The zero-order valence-electron chi connectivity index (χ0n) is 14.9. The fourth-order valence-electron chi connectivity index (χ4n) is 2.46. The molecule has 1 N–H and O–H groups in total. The molecule has 0 fully saturated rings. The lowest BCUT2D eigenvalue weighted by atomic mass is 10.3. The van der Waals surface area contributed by atoms with Crippen LogP contribution in [0.5, 0.6) is 5.75 Å². The van der Waals surface area contributed by atoms with E-state index in [0.29, 0.717) is 28.8 Å². The Kier molecular flexibility index (Phi) is 5.95. The summed E-state index contributed by atoms with van der Waals surface area (Å²) < 4.78 is 12.5. The van der Waals surface area contributed by atoms with Crippen LogP contribution in [0.15, 0.2) is 46.9 Å². The number of nitro groups is 1. The minimum atomic E-state index is -0.558. The lowest BCUT2D eigenvalue weighted by Gasteiger charge is -2.05. The first-order chi connectivity index (χ1) is 13.4. The lowest BCUT2D eigenvalue weighted by Crippen LogP contribution is -2.27. The predicted molar refractivity (Wildman–Crippen MR) is 100 cm³/mol.